The van der Waals surface area contributed by atoms with Crippen LogP contribution >= 0.6 is 0 Å². The van der Waals surface area contributed by atoms with Gasteiger partial charge < -0.3 is 20.4 Å². The minimum absolute atomic E-state index is 0.0746. The summed E-state index contributed by atoms with van der Waals surface area (Å²) in [6.45, 7) is 13.4. The van der Waals surface area contributed by atoms with Crippen molar-refractivity contribution in [3.8, 4) is 11.5 Å². The zero-order chi connectivity index (χ0) is 29.1. The van der Waals surface area contributed by atoms with E-state index in [2.05, 4.69) is 51.8 Å². The van der Waals surface area contributed by atoms with Gasteiger partial charge in [-0.05, 0) is 107 Å². The van der Waals surface area contributed by atoms with Crippen LogP contribution in [0.1, 0.15) is 70.9 Å². The van der Waals surface area contributed by atoms with Gasteiger partial charge in [-0.1, -0.05) is 75.9 Å². The molecule has 0 heterocycles. The van der Waals surface area contributed by atoms with E-state index in [1.807, 2.05) is 36.4 Å². The summed E-state index contributed by atoms with van der Waals surface area (Å²) in [5.74, 6) is 0.915. The number of phenols is 2. The van der Waals surface area contributed by atoms with Crippen LogP contribution in [0.2, 0.25) is 0 Å². The van der Waals surface area contributed by atoms with Gasteiger partial charge in [0.15, 0.2) is 5.76 Å². The highest BCUT2D eigenvalue weighted by molar-refractivity contribution is 5.65. The van der Waals surface area contributed by atoms with Crippen molar-refractivity contribution < 1.29 is 20.4 Å². The lowest BCUT2D eigenvalue weighted by atomic mass is 9.58. The fourth-order valence-electron chi connectivity index (χ4n) is 6.52. The summed E-state index contributed by atoms with van der Waals surface area (Å²) in [6, 6.07) is 14.6. The Labute approximate surface area is 238 Å². The number of phenolic OH excluding ortho intramolecular Hbond substituents is 2. The van der Waals surface area contributed by atoms with Gasteiger partial charge in [0, 0.05) is 12.0 Å². The second kappa shape index (κ2) is 11.2. The van der Waals surface area contributed by atoms with Gasteiger partial charge in [0.2, 0.25) is 0 Å². The molecule has 4 heteroatoms. The van der Waals surface area contributed by atoms with E-state index < -0.39 is 0 Å². The topological polar surface area (TPSA) is 80.9 Å². The maximum Gasteiger partial charge on any atom is 0.167 e. The average Bonchev–Trinajstić information content (AvgIpc) is 2.89. The van der Waals surface area contributed by atoms with Gasteiger partial charge in [-0.25, -0.2) is 0 Å². The number of benzene rings is 2. The molecule has 0 bridgehead atoms. The molecule has 0 fully saturated rings. The summed E-state index contributed by atoms with van der Waals surface area (Å²) in [5.41, 5.74) is 10.4. The summed E-state index contributed by atoms with van der Waals surface area (Å²) in [6.07, 6.45) is 11.1. The molecule has 0 amide bonds. The molecule has 40 heavy (non-hydrogen) atoms. The van der Waals surface area contributed by atoms with Crippen LogP contribution in [0.5, 0.6) is 11.5 Å². The lowest BCUT2D eigenvalue weighted by Crippen LogP contribution is -2.37. The molecule has 0 saturated carbocycles. The van der Waals surface area contributed by atoms with Crippen molar-refractivity contribution in [2.24, 2.45) is 10.8 Å². The van der Waals surface area contributed by atoms with Crippen LogP contribution in [-0.2, 0) is 5.41 Å². The van der Waals surface area contributed by atoms with Crippen LogP contribution in [0.4, 0.5) is 0 Å². The third kappa shape index (κ3) is 6.54. The van der Waals surface area contributed by atoms with Gasteiger partial charge in [-0.3, -0.25) is 0 Å². The van der Waals surface area contributed by atoms with Crippen molar-refractivity contribution in [2.75, 3.05) is 0 Å². The van der Waals surface area contributed by atoms with Gasteiger partial charge >= 0.3 is 0 Å². The van der Waals surface area contributed by atoms with Crippen LogP contribution in [0.3, 0.4) is 0 Å². The Kier molecular flexibility index (Phi) is 8.08. The number of aliphatic hydroxyl groups excluding tert-OH is 2. The number of hydrogen-bond donors (Lipinski definition) is 4. The Morgan fingerprint density at radius 1 is 0.750 bits per heavy atom. The van der Waals surface area contributed by atoms with Crippen molar-refractivity contribution in [2.45, 2.75) is 65.2 Å². The van der Waals surface area contributed by atoms with Crippen LogP contribution in [0.25, 0.3) is 5.57 Å². The Bertz CT molecular complexity index is 1470. The van der Waals surface area contributed by atoms with Crippen LogP contribution in [-0.4, -0.2) is 20.4 Å². The smallest absolute Gasteiger partial charge is 0.167 e. The molecule has 4 N–H and O–H groups in total. The van der Waals surface area contributed by atoms with Crippen molar-refractivity contribution in [3.05, 3.63) is 125 Å². The van der Waals surface area contributed by atoms with Crippen LogP contribution in [0, 0.1) is 10.8 Å². The Morgan fingerprint density at radius 3 is 1.93 bits per heavy atom. The Hall–Kier alpha value is -4.10. The predicted octanol–water partition coefficient (Wildman–Crippen LogP) is 9.13. The second-order valence-electron chi connectivity index (χ2n) is 12.5. The van der Waals surface area contributed by atoms with E-state index in [0.29, 0.717) is 18.6 Å². The Morgan fingerprint density at radius 2 is 1.38 bits per heavy atom. The van der Waals surface area contributed by atoms with E-state index in [0.717, 1.165) is 41.5 Å². The fraction of sp³-hybridized carbons (Fsp3) is 0.333. The molecule has 2 atom stereocenters. The molecule has 2 aliphatic carbocycles. The van der Waals surface area contributed by atoms with Gasteiger partial charge in [0.05, 0.1) is 5.76 Å². The van der Waals surface area contributed by atoms with E-state index in [1.165, 1.54) is 5.57 Å². The van der Waals surface area contributed by atoms with Crippen LogP contribution < -0.4 is 0 Å². The Balaban J connectivity index is 1.79. The van der Waals surface area contributed by atoms with E-state index in [9.17, 15) is 20.4 Å². The largest absolute Gasteiger partial charge is 0.512 e. The number of aromatic hydroxyl groups is 2. The summed E-state index contributed by atoms with van der Waals surface area (Å²) in [5, 5.41) is 39.8. The first-order chi connectivity index (χ1) is 18.8. The number of aliphatic hydroxyl groups is 2. The standard InChI is InChI=1S/C36H40O4/c1-25(26-6-14-30(37)15-7-26)22-35(4,28-10-18-32(39)19-11-28)24-36(5,29-12-20-33(40)21-13-29)23-34(2,3)27-8-16-31(38)17-9-27/h6-8,10-12,14-16,18-20,37-40H,1,13,21-24H2,2-5H3. The molecule has 0 spiro atoms. The molecule has 208 valence electrons. The summed E-state index contributed by atoms with van der Waals surface area (Å²) in [4.78, 5) is 0. The summed E-state index contributed by atoms with van der Waals surface area (Å²) < 4.78 is 0. The molecule has 2 unspecified atom stereocenters. The van der Waals surface area contributed by atoms with E-state index in [4.69, 9.17) is 0 Å². The van der Waals surface area contributed by atoms with Gasteiger partial charge in [0.1, 0.15) is 11.5 Å². The SMILES string of the molecule is C=C(CC(C)(CC(C)(CC(C)(C)C1=C=C=C(O)C=C1)C1=CC=C(O)CC1)c1ccc(O)cc1)c1ccc(O)cc1. The second-order valence-corrected chi connectivity index (χ2v) is 12.5. The molecule has 0 radical (unpaired) electrons. The van der Waals surface area contributed by atoms with Crippen molar-refractivity contribution in [1.29, 1.82) is 0 Å². The van der Waals surface area contributed by atoms with Crippen molar-refractivity contribution >= 4 is 5.57 Å². The molecule has 2 aromatic rings. The fourth-order valence-corrected chi connectivity index (χ4v) is 6.52. The lowest BCUT2D eigenvalue weighted by Gasteiger charge is -2.46. The summed E-state index contributed by atoms with van der Waals surface area (Å²) >= 11 is 0. The minimum atomic E-state index is -0.359. The highest BCUT2D eigenvalue weighted by atomic mass is 16.3. The quantitative estimate of drug-likeness (QED) is 0.228. The van der Waals surface area contributed by atoms with Crippen LogP contribution in [0.15, 0.2) is 114 Å². The van der Waals surface area contributed by atoms with Gasteiger partial charge in [0.25, 0.3) is 0 Å². The molecule has 2 aromatic carbocycles. The number of hydrogen-bond acceptors (Lipinski definition) is 4. The normalized spacial score (nSPS) is 18.1. The maximum absolute atomic E-state index is 10.2. The number of rotatable bonds is 10. The van der Waals surface area contributed by atoms with E-state index in [-0.39, 0.29) is 33.5 Å². The van der Waals surface area contributed by atoms with E-state index in [1.54, 1.807) is 30.3 Å². The zero-order valence-corrected chi connectivity index (χ0v) is 24.0. The molecule has 2 aliphatic rings. The van der Waals surface area contributed by atoms with Gasteiger partial charge in [-0.15, -0.1) is 0 Å². The molecule has 0 aliphatic heterocycles. The molecule has 4 rings (SSSR count). The molecule has 0 saturated heterocycles. The first kappa shape index (κ1) is 28.9. The minimum Gasteiger partial charge on any atom is -0.512 e. The molecular weight excluding hydrogens is 496 g/mol. The van der Waals surface area contributed by atoms with E-state index >= 15 is 0 Å². The molecule has 4 nitrogen and oxygen atoms in total. The number of allylic oxidation sites excluding steroid dienone is 8. The molecule has 0 aromatic heterocycles. The molecular formula is C36H40O4. The third-order valence-corrected chi connectivity index (χ3v) is 8.42. The van der Waals surface area contributed by atoms with Crippen molar-refractivity contribution in [3.63, 3.8) is 0 Å². The monoisotopic (exact) mass is 536 g/mol. The predicted molar refractivity (Wildman–Crippen MR) is 162 cm³/mol. The lowest BCUT2D eigenvalue weighted by molar-refractivity contribution is 0.183. The van der Waals surface area contributed by atoms with Gasteiger partial charge in [-0.2, -0.15) is 0 Å². The van der Waals surface area contributed by atoms with Crippen molar-refractivity contribution in [1.82, 2.24) is 0 Å². The average molecular weight is 537 g/mol. The third-order valence-electron chi connectivity index (χ3n) is 8.42. The summed E-state index contributed by atoms with van der Waals surface area (Å²) in [7, 11) is 0. The first-order valence-electron chi connectivity index (χ1n) is 13.8. The maximum atomic E-state index is 10.2. The highest BCUT2D eigenvalue weighted by Gasteiger charge is 2.43. The zero-order valence-electron chi connectivity index (χ0n) is 24.0. The highest BCUT2D eigenvalue weighted by Crippen LogP contribution is 2.53. The first-order valence-corrected chi connectivity index (χ1v) is 13.8.